The minimum absolute atomic E-state index is 0.0274. The largest absolute Gasteiger partial charge is 0.481 e. The molecule has 1 unspecified atom stereocenters. The highest BCUT2D eigenvalue weighted by Crippen LogP contribution is 2.42. The molecule has 1 saturated carbocycles. The van der Waals surface area contributed by atoms with Crippen LogP contribution in [0.5, 0.6) is 5.88 Å². The summed E-state index contributed by atoms with van der Waals surface area (Å²) in [6.07, 6.45) is 8.57. The van der Waals surface area contributed by atoms with E-state index >= 15 is 0 Å². The van der Waals surface area contributed by atoms with Crippen LogP contribution in [0.25, 0.3) is 0 Å². The molecule has 0 aromatic carbocycles. The van der Waals surface area contributed by atoms with Crippen LogP contribution in [-0.2, 0) is 4.84 Å². The van der Waals surface area contributed by atoms with Crippen molar-refractivity contribution in [2.45, 2.75) is 58.5 Å². The van der Waals surface area contributed by atoms with Gasteiger partial charge in [0.1, 0.15) is 0 Å². The average Bonchev–Trinajstić information content (AvgIpc) is 2.96. The summed E-state index contributed by atoms with van der Waals surface area (Å²) in [6.45, 7) is 7.03. The van der Waals surface area contributed by atoms with Crippen molar-refractivity contribution in [3.63, 3.8) is 0 Å². The van der Waals surface area contributed by atoms with E-state index < -0.39 is 0 Å². The molecule has 0 radical (unpaired) electrons. The van der Waals surface area contributed by atoms with Gasteiger partial charge >= 0.3 is 0 Å². The number of pyridine rings is 1. The first kappa shape index (κ1) is 17.1. The Labute approximate surface area is 144 Å². The Morgan fingerprint density at radius 2 is 1.92 bits per heavy atom. The first-order chi connectivity index (χ1) is 11.4. The minimum atomic E-state index is 0.0274. The number of nitrogens with two attached hydrogens (primary N) is 1. The first-order valence-electron chi connectivity index (χ1n) is 8.82. The molecule has 1 atom stereocenters. The molecule has 3 rings (SSSR count). The van der Waals surface area contributed by atoms with Gasteiger partial charge in [-0.05, 0) is 42.6 Å². The summed E-state index contributed by atoms with van der Waals surface area (Å²) in [6, 6.07) is 4.34. The lowest BCUT2D eigenvalue weighted by atomic mass is 9.71. The second kappa shape index (κ2) is 6.63. The number of hydroxylamine groups is 2. The molecule has 1 fully saturated rings. The molecule has 0 spiro atoms. The van der Waals surface area contributed by atoms with Gasteiger partial charge in [0.25, 0.3) is 0 Å². The van der Waals surface area contributed by atoms with Crippen molar-refractivity contribution in [1.82, 2.24) is 10.0 Å². The van der Waals surface area contributed by atoms with Crippen LogP contribution in [0.4, 0.5) is 0 Å². The smallest absolute Gasteiger partial charge is 0.212 e. The number of methoxy groups -OCH3 is 1. The summed E-state index contributed by atoms with van der Waals surface area (Å²) >= 11 is 0. The van der Waals surface area contributed by atoms with Gasteiger partial charge in [-0.1, -0.05) is 26.8 Å². The van der Waals surface area contributed by atoms with Crippen LogP contribution in [0, 0.1) is 11.3 Å². The summed E-state index contributed by atoms with van der Waals surface area (Å²) in [5, 5.41) is 2.07. The molecule has 5 heteroatoms. The molecule has 1 aromatic heterocycles. The molecule has 5 nitrogen and oxygen atoms in total. The molecular formula is C19H29N3O2. The number of aromatic nitrogens is 1. The average molecular weight is 331 g/mol. The monoisotopic (exact) mass is 331 g/mol. The molecular weight excluding hydrogens is 302 g/mol. The molecule has 24 heavy (non-hydrogen) atoms. The second-order valence-corrected chi connectivity index (χ2v) is 7.97. The van der Waals surface area contributed by atoms with Crippen molar-refractivity contribution >= 4 is 0 Å². The molecule has 1 aliphatic heterocycles. The van der Waals surface area contributed by atoms with Gasteiger partial charge in [0.15, 0.2) is 0 Å². The van der Waals surface area contributed by atoms with E-state index in [1.54, 1.807) is 7.11 Å². The highest BCUT2D eigenvalue weighted by atomic mass is 16.7. The van der Waals surface area contributed by atoms with Gasteiger partial charge in [-0.3, -0.25) is 0 Å². The van der Waals surface area contributed by atoms with Crippen LogP contribution in [0.3, 0.4) is 0 Å². The van der Waals surface area contributed by atoms with Gasteiger partial charge in [0.05, 0.1) is 13.2 Å². The summed E-state index contributed by atoms with van der Waals surface area (Å²) in [5.74, 6) is 1.88. The van der Waals surface area contributed by atoms with Crippen molar-refractivity contribution in [3.05, 3.63) is 35.9 Å². The lowest BCUT2D eigenvalue weighted by molar-refractivity contribution is -0.163. The number of hydrogen-bond acceptors (Lipinski definition) is 5. The summed E-state index contributed by atoms with van der Waals surface area (Å²) in [7, 11) is 1.62. The molecule has 2 aliphatic rings. The van der Waals surface area contributed by atoms with Crippen molar-refractivity contribution < 1.29 is 9.57 Å². The lowest BCUT2D eigenvalue weighted by Crippen LogP contribution is -2.39. The third-order valence-corrected chi connectivity index (χ3v) is 5.40. The second-order valence-electron chi connectivity index (χ2n) is 7.97. The molecule has 2 heterocycles. The fourth-order valence-electron chi connectivity index (χ4n) is 3.87. The van der Waals surface area contributed by atoms with Crippen LogP contribution >= 0.6 is 0 Å². The van der Waals surface area contributed by atoms with E-state index in [1.165, 1.54) is 12.8 Å². The maximum atomic E-state index is 5.96. The van der Waals surface area contributed by atoms with E-state index in [0.29, 0.717) is 23.2 Å². The van der Waals surface area contributed by atoms with Gasteiger partial charge in [0, 0.05) is 24.4 Å². The van der Waals surface area contributed by atoms with Gasteiger partial charge in [-0.2, -0.15) is 0 Å². The van der Waals surface area contributed by atoms with E-state index in [0.717, 1.165) is 24.3 Å². The number of ether oxygens (including phenoxy) is 1. The van der Waals surface area contributed by atoms with E-state index in [1.807, 2.05) is 24.4 Å². The van der Waals surface area contributed by atoms with Crippen LogP contribution in [0.1, 0.15) is 58.1 Å². The van der Waals surface area contributed by atoms with Crippen LogP contribution in [0.2, 0.25) is 0 Å². The fourth-order valence-corrected chi connectivity index (χ4v) is 3.87. The van der Waals surface area contributed by atoms with Crippen molar-refractivity contribution in [2.75, 3.05) is 7.11 Å². The van der Waals surface area contributed by atoms with E-state index in [4.69, 9.17) is 15.3 Å². The Morgan fingerprint density at radius 3 is 2.46 bits per heavy atom. The number of hydrogen-bond donors (Lipinski definition) is 1. The van der Waals surface area contributed by atoms with Gasteiger partial charge in [-0.15, -0.1) is 5.06 Å². The Hall–Kier alpha value is -1.75. The van der Waals surface area contributed by atoms with E-state index in [-0.39, 0.29) is 6.04 Å². The number of nitrogens with zero attached hydrogens (tertiary/aromatic N) is 2. The van der Waals surface area contributed by atoms with Gasteiger partial charge < -0.3 is 15.3 Å². The zero-order valence-electron chi connectivity index (χ0n) is 15.2. The molecule has 1 aliphatic carbocycles. The van der Waals surface area contributed by atoms with E-state index in [9.17, 15) is 0 Å². The Bertz CT molecular complexity index is 584. The van der Waals surface area contributed by atoms with E-state index in [2.05, 4.69) is 30.8 Å². The van der Waals surface area contributed by atoms with Gasteiger partial charge in [-0.25, -0.2) is 4.98 Å². The summed E-state index contributed by atoms with van der Waals surface area (Å²) in [5.41, 5.74) is 7.42. The maximum Gasteiger partial charge on any atom is 0.212 e. The molecule has 132 valence electrons. The zero-order valence-corrected chi connectivity index (χ0v) is 15.2. The van der Waals surface area contributed by atoms with Crippen LogP contribution in [-0.4, -0.2) is 23.2 Å². The quantitative estimate of drug-likeness (QED) is 0.913. The third kappa shape index (κ3) is 3.51. The molecule has 0 saturated heterocycles. The highest BCUT2D eigenvalue weighted by Gasteiger charge is 2.38. The van der Waals surface area contributed by atoms with Crippen molar-refractivity contribution in [3.8, 4) is 5.88 Å². The topological polar surface area (TPSA) is 60.6 Å². The van der Waals surface area contributed by atoms with Crippen LogP contribution in [0.15, 0.2) is 30.3 Å². The number of rotatable bonds is 3. The lowest BCUT2D eigenvalue weighted by Gasteiger charge is -2.40. The standard InChI is InChI=1S/C19H29N3O2/c1-19(2,3)14-6-8-15(9-7-14)22-16(11-17(20)24-22)13-5-10-18(23-4)21-12-13/h5,10-12,14-16H,6-9,20H2,1-4H3. The summed E-state index contributed by atoms with van der Waals surface area (Å²) < 4.78 is 5.14. The predicted octanol–water partition coefficient (Wildman–Crippen LogP) is 3.78. The zero-order chi connectivity index (χ0) is 17.3. The molecule has 2 N–H and O–H groups in total. The summed E-state index contributed by atoms with van der Waals surface area (Å²) in [4.78, 5) is 10.2. The Kier molecular flexibility index (Phi) is 4.72. The highest BCUT2D eigenvalue weighted by molar-refractivity contribution is 5.26. The minimum Gasteiger partial charge on any atom is -0.481 e. The third-order valence-electron chi connectivity index (χ3n) is 5.40. The van der Waals surface area contributed by atoms with Crippen molar-refractivity contribution in [1.29, 1.82) is 0 Å². The Balaban J connectivity index is 1.71. The molecule has 0 amide bonds. The molecule has 1 aromatic rings. The van der Waals surface area contributed by atoms with Crippen molar-refractivity contribution in [2.24, 2.45) is 17.1 Å². The predicted molar refractivity (Wildman–Crippen MR) is 93.9 cm³/mol. The Morgan fingerprint density at radius 1 is 1.21 bits per heavy atom. The normalized spacial score (nSPS) is 28.3. The maximum absolute atomic E-state index is 5.96. The SMILES string of the molecule is COc1ccc(C2C=C(N)ON2C2CCC(C(C)(C)C)CC2)cn1. The molecule has 0 bridgehead atoms. The fraction of sp³-hybridized carbons (Fsp3) is 0.632. The first-order valence-corrected chi connectivity index (χ1v) is 8.82. The van der Waals surface area contributed by atoms with Crippen LogP contribution < -0.4 is 10.5 Å². The van der Waals surface area contributed by atoms with Gasteiger partial charge in [0.2, 0.25) is 11.8 Å².